The number of aryl methyl sites for hydroxylation is 1. The average Bonchev–Trinajstić information content (AvgIpc) is 2.39. The predicted molar refractivity (Wildman–Crippen MR) is 75.4 cm³/mol. The van der Waals surface area contributed by atoms with Crippen molar-refractivity contribution < 1.29 is 9.90 Å². The van der Waals surface area contributed by atoms with Crippen molar-refractivity contribution in [1.29, 1.82) is 0 Å². The van der Waals surface area contributed by atoms with E-state index < -0.39 is 0 Å². The van der Waals surface area contributed by atoms with Crippen molar-refractivity contribution in [2.45, 2.75) is 32.7 Å². The van der Waals surface area contributed by atoms with Crippen LogP contribution in [0, 0.1) is 6.92 Å². The molecule has 2 rings (SSSR count). The van der Waals surface area contributed by atoms with E-state index in [2.05, 4.69) is 12.2 Å². The van der Waals surface area contributed by atoms with Gasteiger partial charge < -0.3 is 15.3 Å². The minimum absolute atomic E-state index is 0.0695. The van der Waals surface area contributed by atoms with Crippen LogP contribution in [0.15, 0.2) is 18.2 Å². The second kappa shape index (κ2) is 6.06. The highest BCUT2D eigenvalue weighted by atomic mass is 16.3. The fraction of sp³-hybridized carbons (Fsp3) is 0.533. The Morgan fingerprint density at radius 1 is 1.53 bits per heavy atom. The summed E-state index contributed by atoms with van der Waals surface area (Å²) < 4.78 is 0. The summed E-state index contributed by atoms with van der Waals surface area (Å²) in [5.41, 5.74) is 1.52. The number of benzene rings is 1. The number of hydrogen-bond donors (Lipinski definition) is 2. The lowest BCUT2D eigenvalue weighted by Gasteiger charge is -2.33. The van der Waals surface area contributed by atoms with Crippen molar-refractivity contribution in [1.82, 2.24) is 10.2 Å². The molecule has 0 saturated carbocycles. The number of aromatic hydroxyl groups is 1. The second-order valence-electron chi connectivity index (χ2n) is 5.15. The fourth-order valence-electron chi connectivity index (χ4n) is 2.68. The molecule has 4 nitrogen and oxygen atoms in total. The first-order chi connectivity index (χ1) is 9.11. The summed E-state index contributed by atoms with van der Waals surface area (Å²) >= 11 is 0. The zero-order valence-corrected chi connectivity index (χ0v) is 11.6. The maximum Gasteiger partial charge on any atom is 0.254 e. The smallest absolute Gasteiger partial charge is 0.254 e. The average molecular weight is 262 g/mol. The lowest BCUT2D eigenvalue weighted by atomic mass is 10.0. The van der Waals surface area contributed by atoms with Crippen LogP contribution in [-0.4, -0.2) is 41.6 Å². The van der Waals surface area contributed by atoms with Crippen molar-refractivity contribution >= 4 is 5.91 Å². The van der Waals surface area contributed by atoms with Gasteiger partial charge in [-0.3, -0.25) is 4.79 Å². The molecule has 2 N–H and O–H groups in total. The van der Waals surface area contributed by atoms with E-state index in [1.165, 1.54) is 0 Å². The number of amides is 1. The topological polar surface area (TPSA) is 52.6 Å². The third kappa shape index (κ3) is 3.26. The molecule has 0 bridgehead atoms. The molecule has 1 atom stereocenters. The third-order valence-corrected chi connectivity index (χ3v) is 3.64. The number of hydrogen-bond acceptors (Lipinski definition) is 3. The summed E-state index contributed by atoms with van der Waals surface area (Å²) in [6.45, 7) is 6.47. The van der Waals surface area contributed by atoms with E-state index in [0.29, 0.717) is 11.6 Å². The third-order valence-electron chi connectivity index (χ3n) is 3.64. The molecule has 1 aliphatic heterocycles. The normalized spacial score (nSPS) is 19.5. The van der Waals surface area contributed by atoms with Gasteiger partial charge >= 0.3 is 0 Å². The SMILES string of the molecule is CCNC1CCCN(C(=O)c2ccc(O)cc2C)C1. The van der Waals surface area contributed by atoms with Crippen LogP contribution in [0.4, 0.5) is 0 Å². The number of phenols is 1. The van der Waals surface area contributed by atoms with Gasteiger partial charge in [0.25, 0.3) is 5.91 Å². The summed E-state index contributed by atoms with van der Waals surface area (Å²) in [4.78, 5) is 14.4. The van der Waals surface area contributed by atoms with E-state index in [1.807, 2.05) is 11.8 Å². The van der Waals surface area contributed by atoms with Gasteiger partial charge in [-0.05, 0) is 50.1 Å². The van der Waals surface area contributed by atoms with Gasteiger partial charge in [0.05, 0.1) is 0 Å². The van der Waals surface area contributed by atoms with Gasteiger partial charge in [0.1, 0.15) is 5.75 Å². The number of carbonyl (C=O) groups excluding carboxylic acids is 1. The number of rotatable bonds is 3. The minimum Gasteiger partial charge on any atom is -0.508 e. The zero-order valence-electron chi connectivity index (χ0n) is 11.6. The number of carbonyl (C=O) groups is 1. The standard InChI is InChI=1S/C15H22N2O2/c1-3-16-12-5-4-8-17(10-12)15(19)14-7-6-13(18)9-11(14)2/h6-7,9,12,16,18H,3-5,8,10H2,1-2H3. The Balaban J connectivity index is 2.10. The summed E-state index contributed by atoms with van der Waals surface area (Å²) in [7, 11) is 0. The first kappa shape index (κ1) is 13.9. The van der Waals surface area contributed by atoms with Crippen molar-refractivity contribution in [3.63, 3.8) is 0 Å². The van der Waals surface area contributed by atoms with Crippen LogP contribution in [0.5, 0.6) is 5.75 Å². The van der Waals surface area contributed by atoms with Crippen LogP contribution in [0.2, 0.25) is 0 Å². The summed E-state index contributed by atoms with van der Waals surface area (Å²) in [5.74, 6) is 0.276. The number of likely N-dealkylation sites (tertiary alicyclic amines) is 1. The maximum atomic E-state index is 12.5. The first-order valence-corrected chi connectivity index (χ1v) is 6.94. The molecule has 1 fully saturated rings. The molecule has 0 aliphatic carbocycles. The van der Waals surface area contributed by atoms with Crippen LogP contribution in [0.25, 0.3) is 0 Å². The van der Waals surface area contributed by atoms with Gasteiger partial charge in [0.2, 0.25) is 0 Å². The lowest BCUT2D eigenvalue weighted by molar-refractivity contribution is 0.0695. The molecule has 1 unspecified atom stereocenters. The highest BCUT2D eigenvalue weighted by molar-refractivity contribution is 5.95. The molecule has 1 heterocycles. The van der Waals surface area contributed by atoms with E-state index in [0.717, 1.165) is 38.0 Å². The Hall–Kier alpha value is -1.55. The Kier molecular flexibility index (Phi) is 4.43. The minimum atomic E-state index is 0.0695. The molecule has 1 aromatic rings. The predicted octanol–water partition coefficient (Wildman–Crippen LogP) is 1.91. The molecule has 19 heavy (non-hydrogen) atoms. The lowest BCUT2D eigenvalue weighted by Crippen LogP contribution is -2.48. The highest BCUT2D eigenvalue weighted by Crippen LogP contribution is 2.19. The van der Waals surface area contributed by atoms with E-state index in [-0.39, 0.29) is 11.7 Å². The fourth-order valence-corrected chi connectivity index (χ4v) is 2.68. The maximum absolute atomic E-state index is 12.5. The van der Waals surface area contributed by atoms with Crippen molar-refractivity contribution in [2.75, 3.05) is 19.6 Å². The number of phenolic OH excluding ortho intramolecular Hbond substituents is 1. The van der Waals surface area contributed by atoms with Crippen LogP contribution in [-0.2, 0) is 0 Å². The molecular weight excluding hydrogens is 240 g/mol. The van der Waals surface area contributed by atoms with Gasteiger partial charge in [-0.1, -0.05) is 6.92 Å². The molecule has 1 saturated heterocycles. The Morgan fingerprint density at radius 2 is 2.32 bits per heavy atom. The molecule has 0 aromatic heterocycles. The molecule has 4 heteroatoms. The van der Waals surface area contributed by atoms with Gasteiger partial charge in [-0.25, -0.2) is 0 Å². The van der Waals surface area contributed by atoms with Crippen LogP contribution in [0.3, 0.4) is 0 Å². The van der Waals surface area contributed by atoms with E-state index >= 15 is 0 Å². The molecule has 1 aromatic carbocycles. The molecule has 0 radical (unpaired) electrons. The Morgan fingerprint density at radius 3 is 3.00 bits per heavy atom. The van der Waals surface area contributed by atoms with E-state index in [4.69, 9.17) is 0 Å². The van der Waals surface area contributed by atoms with E-state index in [1.54, 1.807) is 18.2 Å². The summed E-state index contributed by atoms with van der Waals surface area (Å²) in [5, 5.41) is 12.8. The first-order valence-electron chi connectivity index (χ1n) is 6.94. The van der Waals surface area contributed by atoms with E-state index in [9.17, 15) is 9.90 Å². The van der Waals surface area contributed by atoms with Crippen LogP contribution < -0.4 is 5.32 Å². The molecular formula is C15H22N2O2. The van der Waals surface area contributed by atoms with Crippen LogP contribution in [0.1, 0.15) is 35.7 Å². The van der Waals surface area contributed by atoms with Crippen molar-refractivity contribution in [3.05, 3.63) is 29.3 Å². The quantitative estimate of drug-likeness (QED) is 0.875. The summed E-state index contributed by atoms with van der Waals surface area (Å²) in [6.07, 6.45) is 2.17. The Bertz CT molecular complexity index is 457. The number of nitrogens with zero attached hydrogens (tertiary/aromatic N) is 1. The largest absolute Gasteiger partial charge is 0.508 e. The second-order valence-corrected chi connectivity index (χ2v) is 5.15. The number of likely N-dealkylation sites (N-methyl/N-ethyl adjacent to an activating group) is 1. The number of nitrogens with one attached hydrogen (secondary N) is 1. The van der Waals surface area contributed by atoms with Crippen LogP contribution >= 0.6 is 0 Å². The van der Waals surface area contributed by atoms with Crippen molar-refractivity contribution in [3.8, 4) is 5.75 Å². The van der Waals surface area contributed by atoms with Crippen molar-refractivity contribution in [2.24, 2.45) is 0 Å². The Labute approximate surface area is 114 Å². The van der Waals surface area contributed by atoms with Gasteiger partial charge in [-0.2, -0.15) is 0 Å². The van der Waals surface area contributed by atoms with Gasteiger partial charge in [0.15, 0.2) is 0 Å². The monoisotopic (exact) mass is 262 g/mol. The van der Waals surface area contributed by atoms with Gasteiger partial charge in [-0.15, -0.1) is 0 Å². The molecule has 0 spiro atoms. The highest BCUT2D eigenvalue weighted by Gasteiger charge is 2.24. The van der Waals surface area contributed by atoms with Gasteiger partial charge in [0, 0.05) is 24.7 Å². The summed E-state index contributed by atoms with van der Waals surface area (Å²) in [6, 6.07) is 5.33. The number of piperidine rings is 1. The molecule has 1 aliphatic rings. The molecule has 104 valence electrons. The zero-order chi connectivity index (χ0) is 13.8. The molecule has 1 amide bonds.